The van der Waals surface area contributed by atoms with Crippen LogP contribution in [0.15, 0.2) is 0 Å². The number of Topliss-reactive ketones (excluding diaryl/α,β-unsaturated/α-hetero) is 1. The van der Waals surface area contributed by atoms with Crippen molar-refractivity contribution in [1.82, 2.24) is 35.6 Å². The number of carbonyl (C=O) groups excluding carboxylic acids is 3. The Hall–Kier alpha value is -2.02. The number of hydrogen-bond acceptors (Lipinski definition) is 15. The second kappa shape index (κ2) is 27.7. The van der Waals surface area contributed by atoms with Gasteiger partial charge >= 0.3 is 17.9 Å². The molecule has 1 unspecified atom stereocenters. The van der Waals surface area contributed by atoms with Crippen molar-refractivity contribution < 1.29 is 103 Å². The molecule has 0 aliphatic carbocycles. The van der Waals surface area contributed by atoms with Gasteiger partial charge in [0.25, 0.3) is 0 Å². The normalized spacial score (nSPS) is 24.0. The zero-order valence-corrected chi connectivity index (χ0v) is 35.5. The molecular formula is C36H63GdN7O13. The number of ketones is 1. The molecule has 328 valence electrons. The second-order valence-corrected chi connectivity index (χ2v) is 14.9. The molecule has 3 saturated heterocycles. The van der Waals surface area contributed by atoms with E-state index >= 15 is 0 Å². The van der Waals surface area contributed by atoms with Crippen LogP contribution in [-0.2, 0) is 47.7 Å². The maximum Gasteiger partial charge on any atom is 0.317 e. The van der Waals surface area contributed by atoms with Crippen molar-refractivity contribution in [2.45, 2.75) is 64.1 Å². The average molecular weight is 959 g/mol. The fraction of sp³-hybridized carbons (Fsp3) is 0.833. The minimum absolute atomic E-state index is 0. The van der Waals surface area contributed by atoms with Crippen molar-refractivity contribution in [1.29, 1.82) is 0 Å². The van der Waals surface area contributed by atoms with Crippen LogP contribution >= 0.6 is 0 Å². The van der Waals surface area contributed by atoms with Crippen LogP contribution in [0.25, 0.3) is 0 Å². The number of carboxylic acids is 3. The van der Waals surface area contributed by atoms with Gasteiger partial charge in [-0.2, -0.15) is 0 Å². The van der Waals surface area contributed by atoms with E-state index in [2.05, 4.69) is 16.0 Å². The summed E-state index contributed by atoms with van der Waals surface area (Å²) in [6, 6.07) is -0.985. The van der Waals surface area contributed by atoms with E-state index in [0.29, 0.717) is 39.3 Å². The summed E-state index contributed by atoms with van der Waals surface area (Å²) in [5, 5.41) is 37.1. The number of nitrogens with zero attached hydrogens (tertiary/aromatic N) is 4. The molecule has 57 heavy (non-hydrogen) atoms. The number of hydrogen-bond donors (Lipinski definition) is 6. The van der Waals surface area contributed by atoms with E-state index < -0.39 is 42.1 Å². The molecule has 2 amide bonds. The van der Waals surface area contributed by atoms with E-state index in [0.717, 1.165) is 19.4 Å². The third-order valence-electron chi connectivity index (χ3n) is 9.89. The SMILES string of the molecule is CNCCCC1OCC2(CO1)COC(CCCNC(=O)C(CCC(C)=O)NC(=O)CN1CCN(CC(=O)O)CCN(CC(=O)O)CCN(CC(=O)O)CC1)OC2.[Gd]. The van der Waals surface area contributed by atoms with Crippen molar-refractivity contribution >= 4 is 35.5 Å². The minimum atomic E-state index is -1.06. The molecule has 0 aromatic carbocycles. The van der Waals surface area contributed by atoms with Crippen LogP contribution in [0.3, 0.4) is 0 Å². The summed E-state index contributed by atoms with van der Waals surface area (Å²) in [5.41, 5.74) is -0.350. The van der Waals surface area contributed by atoms with Crippen molar-refractivity contribution in [3.63, 3.8) is 0 Å². The monoisotopic (exact) mass is 959 g/mol. The molecule has 20 nitrogen and oxygen atoms in total. The van der Waals surface area contributed by atoms with Crippen molar-refractivity contribution in [2.24, 2.45) is 5.41 Å². The number of rotatable bonds is 21. The Labute approximate surface area is 366 Å². The van der Waals surface area contributed by atoms with Gasteiger partial charge in [0.1, 0.15) is 11.8 Å². The molecule has 3 heterocycles. The van der Waals surface area contributed by atoms with E-state index in [4.69, 9.17) is 18.9 Å². The Morgan fingerprint density at radius 1 is 0.649 bits per heavy atom. The molecule has 0 aromatic heterocycles. The molecule has 0 bridgehead atoms. The van der Waals surface area contributed by atoms with Gasteiger partial charge in [-0.3, -0.25) is 43.6 Å². The summed E-state index contributed by atoms with van der Waals surface area (Å²) in [5.74, 6) is -4.22. The van der Waals surface area contributed by atoms with Gasteiger partial charge in [0.05, 0.1) is 58.0 Å². The van der Waals surface area contributed by atoms with Crippen LogP contribution in [0, 0.1) is 45.4 Å². The topological polar surface area (TPSA) is 249 Å². The number of carbonyl (C=O) groups is 6. The molecule has 3 fully saturated rings. The molecule has 3 aliphatic rings. The van der Waals surface area contributed by atoms with Gasteiger partial charge in [-0.1, -0.05) is 0 Å². The zero-order chi connectivity index (χ0) is 40.9. The first-order valence-electron chi connectivity index (χ1n) is 19.5. The fourth-order valence-corrected chi connectivity index (χ4v) is 6.65. The molecule has 1 spiro atoms. The Balaban J connectivity index is 0.0000112. The predicted octanol–water partition coefficient (Wildman–Crippen LogP) is -2.06. The van der Waals surface area contributed by atoms with Gasteiger partial charge in [0.2, 0.25) is 11.8 Å². The minimum Gasteiger partial charge on any atom is -0.480 e. The molecule has 6 N–H and O–H groups in total. The first kappa shape index (κ1) is 51.1. The number of ether oxygens (including phenoxy) is 4. The van der Waals surface area contributed by atoms with Crippen LogP contribution in [-0.4, -0.2) is 214 Å². The molecule has 3 aliphatic heterocycles. The van der Waals surface area contributed by atoms with Gasteiger partial charge in [-0.05, 0) is 46.2 Å². The van der Waals surface area contributed by atoms with Crippen LogP contribution < -0.4 is 16.0 Å². The van der Waals surface area contributed by atoms with Gasteiger partial charge < -0.3 is 55.0 Å². The van der Waals surface area contributed by atoms with E-state index in [1.165, 1.54) is 6.92 Å². The van der Waals surface area contributed by atoms with Crippen LogP contribution in [0.5, 0.6) is 0 Å². The number of carboxylic acid groups (broad SMARTS) is 3. The Morgan fingerprint density at radius 2 is 1.04 bits per heavy atom. The third-order valence-corrected chi connectivity index (χ3v) is 9.89. The molecule has 0 aromatic rings. The third kappa shape index (κ3) is 21.2. The Kier molecular flexibility index (Phi) is 24.8. The summed E-state index contributed by atoms with van der Waals surface area (Å²) >= 11 is 0. The van der Waals surface area contributed by atoms with Gasteiger partial charge in [0.15, 0.2) is 12.6 Å². The van der Waals surface area contributed by atoms with E-state index in [9.17, 15) is 44.1 Å². The zero-order valence-electron chi connectivity index (χ0n) is 33.3. The van der Waals surface area contributed by atoms with E-state index in [1.807, 2.05) is 7.05 Å². The average Bonchev–Trinajstić information content (AvgIpc) is 3.14. The Morgan fingerprint density at radius 3 is 1.40 bits per heavy atom. The first-order chi connectivity index (χ1) is 26.8. The largest absolute Gasteiger partial charge is 0.480 e. The predicted molar refractivity (Wildman–Crippen MR) is 200 cm³/mol. The number of nitrogens with one attached hydrogen (secondary N) is 3. The summed E-state index contributed by atoms with van der Waals surface area (Å²) in [6.07, 6.45) is 2.33. The maximum absolute atomic E-state index is 13.4. The molecule has 1 atom stereocenters. The van der Waals surface area contributed by atoms with Gasteiger partial charge in [-0.25, -0.2) is 0 Å². The van der Waals surface area contributed by atoms with Crippen molar-refractivity contribution in [3.05, 3.63) is 0 Å². The number of aliphatic carboxylic acids is 3. The summed E-state index contributed by atoms with van der Waals surface area (Å²) in [6.45, 7) is 5.37. The van der Waals surface area contributed by atoms with Crippen molar-refractivity contribution in [3.8, 4) is 0 Å². The van der Waals surface area contributed by atoms with Gasteiger partial charge in [-0.15, -0.1) is 0 Å². The second-order valence-electron chi connectivity index (χ2n) is 14.9. The maximum atomic E-state index is 13.4. The van der Waals surface area contributed by atoms with Gasteiger partial charge in [0, 0.05) is 112 Å². The quantitative estimate of drug-likeness (QED) is 0.0678. The van der Waals surface area contributed by atoms with Crippen LogP contribution in [0.4, 0.5) is 0 Å². The summed E-state index contributed by atoms with van der Waals surface area (Å²) in [4.78, 5) is 79.9. The van der Waals surface area contributed by atoms with Crippen molar-refractivity contribution in [2.75, 3.05) is 125 Å². The molecule has 0 saturated carbocycles. The molecule has 3 rings (SSSR count). The molecule has 0 radical (unpaired) electrons. The van der Waals surface area contributed by atoms with Crippen LogP contribution in [0.1, 0.15) is 45.4 Å². The first-order valence-corrected chi connectivity index (χ1v) is 19.5. The van der Waals surface area contributed by atoms with E-state index in [-0.39, 0.29) is 155 Å². The van der Waals surface area contributed by atoms with E-state index in [1.54, 1.807) is 19.6 Å². The van der Waals surface area contributed by atoms with Crippen LogP contribution in [0.2, 0.25) is 0 Å². The smallest absolute Gasteiger partial charge is 0.317 e. The number of amides is 2. The summed E-state index contributed by atoms with van der Waals surface area (Å²) in [7, 11) is 1.91. The fourth-order valence-electron chi connectivity index (χ4n) is 6.65. The molecule has 21 heteroatoms. The molecular weight excluding hydrogens is 896 g/mol. The Bertz CT molecular complexity index is 1230. The summed E-state index contributed by atoms with van der Waals surface area (Å²) < 4.78 is 23.8. The standard InChI is InChI=1S/C36H63N7O13.Gd/c1-27(44)7-8-28(35(52)38-10-4-6-34-55-25-36(26-56-34)23-53-33(54-24-36)5-3-9-37-2)39-29(45)19-40-11-13-41(20-30(46)47)15-17-43(22-32(50)51)18-16-42(14-12-40)21-31(48)49;/h28,33-34,37H,3-26H2,1-2H3,(H,38,52)(H,39,45)(H,46,47)(H,48,49)(H,50,51);.